The monoisotopic (exact) mass is 477 g/mol. The molecular weight excluding hydrogens is 446 g/mol. The van der Waals surface area contributed by atoms with Crippen molar-refractivity contribution in [3.63, 3.8) is 0 Å². The van der Waals surface area contributed by atoms with Crippen molar-refractivity contribution in [1.82, 2.24) is 5.32 Å². The number of rotatable bonds is 7. The largest absolute Gasteiger partial charge is 0.367 e. The SMILES string of the molecule is CC(C)c1ccccc1CN1CCCc2cc(C(=O)NCc3ccc(S(N)(=O)=O)cc3)ccc21. The number of primary sulfonamides is 1. The van der Waals surface area contributed by atoms with Crippen LogP contribution < -0.4 is 15.4 Å². The zero-order chi connectivity index (χ0) is 24.3. The molecular formula is C27H31N3O3S. The zero-order valence-corrected chi connectivity index (χ0v) is 20.4. The molecule has 0 radical (unpaired) electrons. The summed E-state index contributed by atoms with van der Waals surface area (Å²) in [5.41, 5.74) is 6.54. The summed E-state index contributed by atoms with van der Waals surface area (Å²) in [7, 11) is -3.73. The Labute approximate surface area is 201 Å². The minimum absolute atomic E-state index is 0.0536. The Hall–Kier alpha value is -3.16. The van der Waals surface area contributed by atoms with Crippen LogP contribution in [0.5, 0.6) is 0 Å². The number of aryl methyl sites for hydroxylation is 1. The highest BCUT2D eigenvalue weighted by Gasteiger charge is 2.20. The Bertz CT molecular complexity index is 1280. The van der Waals surface area contributed by atoms with Crippen LogP contribution in [0, 0.1) is 0 Å². The van der Waals surface area contributed by atoms with Gasteiger partial charge >= 0.3 is 0 Å². The summed E-state index contributed by atoms with van der Waals surface area (Å²) in [4.78, 5) is 15.2. The van der Waals surface area contributed by atoms with Gasteiger partial charge in [0.1, 0.15) is 0 Å². The van der Waals surface area contributed by atoms with Crippen molar-refractivity contribution < 1.29 is 13.2 Å². The maximum absolute atomic E-state index is 12.8. The van der Waals surface area contributed by atoms with E-state index in [4.69, 9.17) is 5.14 Å². The predicted octanol–water partition coefficient (Wildman–Crippen LogP) is 4.34. The Morgan fingerprint density at radius 2 is 1.79 bits per heavy atom. The van der Waals surface area contributed by atoms with Crippen molar-refractivity contribution >= 4 is 21.6 Å². The van der Waals surface area contributed by atoms with Crippen molar-refractivity contribution in [2.24, 2.45) is 5.14 Å². The predicted molar refractivity (Wildman–Crippen MR) is 135 cm³/mol. The van der Waals surface area contributed by atoms with E-state index in [0.717, 1.165) is 31.5 Å². The minimum Gasteiger partial charge on any atom is -0.367 e. The van der Waals surface area contributed by atoms with E-state index in [9.17, 15) is 13.2 Å². The van der Waals surface area contributed by atoms with Gasteiger partial charge in [0.05, 0.1) is 4.90 Å². The first-order chi connectivity index (χ1) is 16.2. The molecule has 1 amide bonds. The van der Waals surface area contributed by atoms with Crippen molar-refractivity contribution in [3.8, 4) is 0 Å². The highest BCUT2D eigenvalue weighted by atomic mass is 32.2. The highest BCUT2D eigenvalue weighted by Crippen LogP contribution is 2.31. The smallest absolute Gasteiger partial charge is 0.251 e. The number of hydrogen-bond acceptors (Lipinski definition) is 4. The number of carbonyl (C=O) groups is 1. The van der Waals surface area contributed by atoms with Crippen LogP contribution in [0.1, 0.15) is 58.8 Å². The van der Waals surface area contributed by atoms with E-state index in [2.05, 4.69) is 54.4 Å². The molecule has 7 heteroatoms. The topological polar surface area (TPSA) is 92.5 Å². The molecule has 3 aromatic carbocycles. The summed E-state index contributed by atoms with van der Waals surface area (Å²) in [6.07, 6.45) is 2.01. The van der Waals surface area contributed by atoms with E-state index in [1.807, 2.05) is 12.1 Å². The highest BCUT2D eigenvalue weighted by molar-refractivity contribution is 7.89. The first-order valence-electron chi connectivity index (χ1n) is 11.6. The van der Waals surface area contributed by atoms with Crippen molar-refractivity contribution in [1.29, 1.82) is 0 Å². The quantitative estimate of drug-likeness (QED) is 0.529. The molecule has 1 aliphatic rings. The van der Waals surface area contributed by atoms with Gasteiger partial charge in [-0.15, -0.1) is 0 Å². The molecule has 0 aliphatic carbocycles. The molecule has 34 heavy (non-hydrogen) atoms. The van der Waals surface area contributed by atoms with E-state index < -0.39 is 10.0 Å². The molecule has 0 saturated carbocycles. The van der Waals surface area contributed by atoms with Crippen LogP contribution in [-0.4, -0.2) is 20.9 Å². The summed E-state index contributed by atoms with van der Waals surface area (Å²) in [5.74, 6) is 0.322. The van der Waals surface area contributed by atoms with Gasteiger partial charge in [-0.1, -0.05) is 50.2 Å². The van der Waals surface area contributed by atoms with Crippen LogP contribution in [0.25, 0.3) is 0 Å². The zero-order valence-electron chi connectivity index (χ0n) is 19.6. The van der Waals surface area contributed by atoms with E-state index in [0.29, 0.717) is 18.0 Å². The Balaban J connectivity index is 1.45. The molecule has 1 aliphatic heterocycles. The fourth-order valence-corrected chi connectivity index (χ4v) is 5.02. The van der Waals surface area contributed by atoms with E-state index in [1.165, 1.54) is 34.5 Å². The average molecular weight is 478 g/mol. The molecule has 1 heterocycles. The maximum atomic E-state index is 12.8. The van der Waals surface area contributed by atoms with Gasteiger partial charge in [0.15, 0.2) is 0 Å². The third-order valence-corrected chi connectivity index (χ3v) is 7.23. The van der Waals surface area contributed by atoms with Crippen LogP contribution in [0.2, 0.25) is 0 Å². The lowest BCUT2D eigenvalue weighted by Crippen LogP contribution is -2.30. The van der Waals surface area contributed by atoms with Crippen molar-refractivity contribution in [3.05, 3.63) is 94.5 Å². The first-order valence-corrected chi connectivity index (χ1v) is 13.1. The van der Waals surface area contributed by atoms with Crippen LogP contribution in [0.4, 0.5) is 5.69 Å². The molecule has 6 nitrogen and oxygen atoms in total. The summed E-state index contributed by atoms with van der Waals surface area (Å²) >= 11 is 0. The molecule has 178 valence electrons. The molecule has 3 aromatic rings. The van der Waals surface area contributed by atoms with Gasteiger partial charge in [-0.3, -0.25) is 4.79 Å². The van der Waals surface area contributed by atoms with Crippen molar-refractivity contribution in [2.75, 3.05) is 11.4 Å². The minimum atomic E-state index is -3.73. The molecule has 4 rings (SSSR count). The summed E-state index contributed by atoms with van der Waals surface area (Å²) in [6, 6.07) is 20.7. The number of sulfonamides is 1. The Morgan fingerprint density at radius 3 is 2.50 bits per heavy atom. The average Bonchev–Trinajstić information content (AvgIpc) is 2.82. The van der Waals surface area contributed by atoms with Gasteiger partial charge in [-0.25, -0.2) is 13.6 Å². The lowest BCUT2D eigenvalue weighted by molar-refractivity contribution is 0.0950. The number of carbonyl (C=O) groups excluding carboxylic acids is 1. The van der Waals surface area contributed by atoms with Gasteiger partial charge in [-0.05, 0) is 71.3 Å². The van der Waals surface area contributed by atoms with Crippen molar-refractivity contribution in [2.45, 2.75) is 50.6 Å². The third kappa shape index (κ3) is 5.48. The molecule has 0 unspecified atom stereocenters. The van der Waals surface area contributed by atoms with Crippen LogP contribution >= 0.6 is 0 Å². The molecule has 0 saturated heterocycles. The fourth-order valence-electron chi connectivity index (χ4n) is 4.51. The van der Waals surface area contributed by atoms with E-state index in [1.54, 1.807) is 12.1 Å². The summed E-state index contributed by atoms with van der Waals surface area (Å²) < 4.78 is 22.8. The molecule has 0 atom stereocenters. The second-order valence-corrected chi connectivity index (χ2v) is 10.7. The van der Waals surface area contributed by atoms with Gasteiger partial charge in [0.2, 0.25) is 10.0 Å². The third-order valence-electron chi connectivity index (χ3n) is 6.30. The lowest BCUT2D eigenvalue weighted by atomic mass is 9.95. The Kier molecular flexibility index (Phi) is 7.05. The standard InChI is InChI=1S/C27H31N3O3S/c1-19(2)25-8-4-3-6-23(25)18-30-15-5-7-21-16-22(11-14-26(21)30)27(31)29-17-20-9-12-24(13-10-20)34(28,32)33/h3-4,6,8-14,16,19H,5,7,15,17-18H2,1-2H3,(H,29,31)(H2,28,32,33). The van der Waals surface area contributed by atoms with Gasteiger partial charge < -0.3 is 10.2 Å². The second kappa shape index (κ2) is 9.99. The van der Waals surface area contributed by atoms with E-state index >= 15 is 0 Å². The lowest BCUT2D eigenvalue weighted by Gasteiger charge is -2.32. The van der Waals surface area contributed by atoms with Gasteiger partial charge in [-0.2, -0.15) is 0 Å². The molecule has 0 aromatic heterocycles. The molecule has 0 spiro atoms. The van der Waals surface area contributed by atoms with Crippen LogP contribution in [0.3, 0.4) is 0 Å². The number of nitrogens with two attached hydrogens (primary N) is 1. The number of hydrogen-bond donors (Lipinski definition) is 2. The number of anilines is 1. The number of fused-ring (bicyclic) bond motifs is 1. The van der Waals surface area contributed by atoms with Crippen LogP contribution in [-0.2, 0) is 29.5 Å². The Morgan fingerprint density at radius 1 is 1.06 bits per heavy atom. The molecule has 3 N–H and O–H groups in total. The summed E-state index contributed by atoms with van der Waals surface area (Å²) in [5, 5.41) is 8.05. The fraction of sp³-hybridized carbons (Fsp3) is 0.296. The molecule has 0 bridgehead atoms. The van der Waals surface area contributed by atoms with Gasteiger partial charge in [0, 0.05) is 30.9 Å². The number of nitrogens with zero attached hydrogens (tertiary/aromatic N) is 1. The second-order valence-electron chi connectivity index (χ2n) is 9.09. The normalized spacial score (nSPS) is 13.6. The molecule has 0 fully saturated rings. The number of nitrogens with one attached hydrogen (secondary N) is 1. The van der Waals surface area contributed by atoms with E-state index in [-0.39, 0.29) is 10.8 Å². The number of amides is 1. The first kappa shape index (κ1) is 24.0. The van der Waals surface area contributed by atoms with Gasteiger partial charge in [0.25, 0.3) is 5.91 Å². The van der Waals surface area contributed by atoms with Crippen LogP contribution in [0.15, 0.2) is 71.6 Å². The number of benzene rings is 3. The maximum Gasteiger partial charge on any atom is 0.251 e. The summed E-state index contributed by atoms with van der Waals surface area (Å²) in [6.45, 7) is 6.62.